The molecule has 3 heterocycles. The maximum Gasteiger partial charge on any atom is 0.191 e. The van der Waals surface area contributed by atoms with Crippen molar-refractivity contribution in [3.63, 3.8) is 0 Å². The third-order valence-corrected chi connectivity index (χ3v) is 4.10. The highest BCUT2D eigenvalue weighted by Crippen LogP contribution is 2.13. The Morgan fingerprint density at radius 1 is 1.50 bits per heavy atom. The lowest BCUT2D eigenvalue weighted by Crippen LogP contribution is -2.47. The number of aryl methyl sites for hydroxylation is 2. The normalized spacial score (nSPS) is 17.6. The first-order valence-corrected chi connectivity index (χ1v) is 8.05. The molecule has 24 heavy (non-hydrogen) atoms. The van der Waals surface area contributed by atoms with Crippen LogP contribution in [0, 0.1) is 0 Å². The minimum absolute atomic E-state index is 0.271. The summed E-state index contributed by atoms with van der Waals surface area (Å²) in [5, 5.41) is 15.4. The molecule has 3 rings (SSSR count). The Morgan fingerprint density at radius 2 is 2.38 bits per heavy atom. The van der Waals surface area contributed by atoms with Crippen molar-refractivity contribution in [1.29, 1.82) is 0 Å². The van der Waals surface area contributed by atoms with Crippen LogP contribution >= 0.6 is 0 Å². The lowest BCUT2D eigenvalue weighted by atomic mass is 10.1. The van der Waals surface area contributed by atoms with E-state index in [1.54, 1.807) is 20.4 Å². The summed E-state index contributed by atoms with van der Waals surface area (Å²) in [7, 11) is 5.36. The number of nitrogens with one attached hydrogen (secondary N) is 2. The molecule has 1 aliphatic rings. The molecule has 0 spiro atoms. The van der Waals surface area contributed by atoms with Gasteiger partial charge in [-0.05, 0) is 12.5 Å². The van der Waals surface area contributed by atoms with Gasteiger partial charge in [-0.1, -0.05) is 0 Å². The van der Waals surface area contributed by atoms with E-state index in [1.807, 2.05) is 22.5 Å². The molecular formula is C15H24N8O. The fourth-order valence-electron chi connectivity index (χ4n) is 2.81. The third kappa shape index (κ3) is 3.73. The van der Waals surface area contributed by atoms with Crippen LogP contribution < -0.4 is 10.6 Å². The van der Waals surface area contributed by atoms with E-state index in [1.165, 1.54) is 0 Å². The van der Waals surface area contributed by atoms with Gasteiger partial charge in [-0.25, -0.2) is 9.67 Å². The van der Waals surface area contributed by atoms with Gasteiger partial charge in [0.1, 0.15) is 12.4 Å². The van der Waals surface area contributed by atoms with Crippen molar-refractivity contribution in [2.75, 3.05) is 14.2 Å². The Bertz CT molecular complexity index is 704. The summed E-state index contributed by atoms with van der Waals surface area (Å²) < 4.78 is 8.91. The van der Waals surface area contributed by atoms with Gasteiger partial charge in [0.2, 0.25) is 0 Å². The largest absolute Gasteiger partial charge is 0.377 e. The second-order valence-corrected chi connectivity index (χ2v) is 5.81. The number of methoxy groups -OCH3 is 1. The van der Waals surface area contributed by atoms with Gasteiger partial charge in [0.25, 0.3) is 0 Å². The van der Waals surface area contributed by atoms with E-state index in [0.717, 1.165) is 42.7 Å². The number of aromatic nitrogens is 5. The van der Waals surface area contributed by atoms with Crippen LogP contribution in [0.3, 0.4) is 0 Å². The van der Waals surface area contributed by atoms with Gasteiger partial charge in [-0.2, -0.15) is 10.2 Å². The molecule has 9 nitrogen and oxygen atoms in total. The quantitative estimate of drug-likeness (QED) is 0.584. The van der Waals surface area contributed by atoms with Gasteiger partial charge in [-0.3, -0.25) is 9.67 Å². The SMILES string of the molecule is CN=C(NCc1ccnn1C)NC1CCc2nc(COC)nn2C1. The Balaban J connectivity index is 1.55. The van der Waals surface area contributed by atoms with Crippen LogP contribution in [0.1, 0.15) is 23.8 Å². The molecule has 130 valence electrons. The van der Waals surface area contributed by atoms with Gasteiger partial charge < -0.3 is 15.4 Å². The predicted octanol–water partition coefficient (Wildman–Crippen LogP) is -0.162. The number of guanidine groups is 1. The molecule has 0 saturated carbocycles. The molecule has 1 aliphatic heterocycles. The van der Waals surface area contributed by atoms with Gasteiger partial charge in [0, 0.05) is 39.9 Å². The number of hydrogen-bond acceptors (Lipinski definition) is 5. The van der Waals surface area contributed by atoms with E-state index < -0.39 is 0 Å². The van der Waals surface area contributed by atoms with Gasteiger partial charge in [0.15, 0.2) is 11.8 Å². The van der Waals surface area contributed by atoms with Crippen molar-refractivity contribution in [2.24, 2.45) is 12.0 Å². The fourth-order valence-corrected chi connectivity index (χ4v) is 2.81. The standard InChI is InChI=1S/C15H24N8O/c1-16-15(17-8-12-6-7-18-22(12)2)19-11-4-5-14-20-13(10-24-3)21-23(14)9-11/h6-7,11H,4-5,8-10H2,1-3H3,(H2,16,17,19). The van der Waals surface area contributed by atoms with Crippen LogP contribution in [0.4, 0.5) is 0 Å². The number of ether oxygens (including phenoxy) is 1. The first kappa shape index (κ1) is 16.4. The van der Waals surface area contributed by atoms with Crippen LogP contribution in [0.15, 0.2) is 17.3 Å². The van der Waals surface area contributed by atoms with E-state index in [9.17, 15) is 0 Å². The van der Waals surface area contributed by atoms with Crippen LogP contribution in [-0.4, -0.2) is 50.7 Å². The summed E-state index contributed by atoms with van der Waals surface area (Å²) in [6, 6.07) is 2.26. The zero-order valence-electron chi connectivity index (χ0n) is 14.4. The summed E-state index contributed by atoms with van der Waals surface area (Å²) in [6.45, 7) is 1.90. The smallest absolute Gasteiger partial charge is 0.191 e. The number of nitrogens with zero attached hydrogens (tertiary/aromatic N) is 6. The average Bonchev–Trinajstić information content (AvgIpc) is 3.16. The minimum atomic E-state index is 0.271. The molecule has 0 aliphatic carbocycles. The van der Waals surface area contributed by atoms with Crippen LogP contribution in [0.5, 0.6) is 0 Å². The average molecular weight is 332 g/mol. The summed E-state index contributed by atoms with van der Waals surface area (Å²) in [5.74, 6) is 2.55. The summed E-state index contributed by atoms with van der Waals surface area (Å²) in [5.41, 5.74) is 1.10. The fraction of sp³-hybridized carbons (Fsp3) is 0.600. The Labute approximate surface area is 141 Å². The number of aliphatic imine (C=N–C) groups is 1. The minimum Gasteiger partial charge on any atom is -0.377 e. The van der Waals surface area contributed by atoms with E-state index in [4.69, 9.17) is 4.74 Å². The maximum absolute atomic E-state index is 5.10. The summed E-state index contributed by atoms with van der Waals surface area (Å²) in [6.07, 6.45) is 3.68. The molecule has 2 aromatic rings. The number of rotatable bonds is 5. The van der Waals surface area contributed by atoms with Crippen molar-refractivity contribution in [1.82, 2.24) is 35.2 Å². The first-order chi connectivity index (χ1) is 11.7. The molecule has 2 aromatic heterocycles. The highest BCUT2D eigenvalue weighted by atomic mass is 16.5. The monoisotopic (exact) mass is 332 g/mol. The Morgan fingerprint density at radius 3 is 3.08 bits per heavy atom. The molecule has 2 N–H and O–H groups in total. The van der Waals surface area contributed by atoms with E-state index in [2.05, 4.69) is 30.8 Å². The molecule has 1 unspecified atom stereocenters. The van der Waals surface area contributed by atoms with E-state index >= 15 is 0 Å². The molecule has 0 bridgehead atoms. The lowest BCUT2D eigenvalue weighted by Gasteiger charge is -2.25. The topological polar surface area (TPSA) is 94.2 Å². The van der Waals surface area contributed by atoms with Crippen molar-refractivity contribution in [3.8, 4) is 0 Å². The second kappa shape index (κ2) is 7.43. The lowest BCUT2D eigenvalue weighted by molar-refractivity contribution is 0.177. The molecule has 0 saturated heterocycles. The van der Waals surface area contributed by atoms with Crippen LogP contribution in [0.2, 0.25) is 0 Å². The molecule has 9 heteroatoms. The van der Waals surface area contributed by atoms with Crippen molar-refractivity contribution in [3.05, 3.63) is 29.6 Å². The molecular weight excluding hydrogens is 308 g/mol. The summed E-state index contributed by atoms with van der Waals surface area (Å²) in [4.78, 5) is 8.80. The first-order valence-electron chi connectivity index (χ1n) is 8.05. The zero-order chi connectivity index (χ0) is 16.9. The number of fused-ring (bicyclic) bond motifs is 1. The predicted molar refractivity (Wildman–Crippen MR) is 89.4 cm³/mol. The van der Waals surface area contributed by atoms with Gasteiger partial charge in [-0.15, -0.1) is 0 Å². The second-order valence-electron chi connectivity index (χ2n) is 5.81. The summed E-state index contributed by atoms with van der Waals surface area (Å²) >= 11 is 0. The van der Waals surface area contributed by atoms with Crippen molar-refractivity contribution >= 4 is 5.96 Å². The molecule has 0 aromatic carbocycles. The van der Waals surface area contributed by atoms with Gasteiger partial charge in [0.05, 0.1) is 18.8 Å². The molecule has 1 atom stereocenters. The zero-order valence-corrected chi connectivity index (χ0v) is 14.4. The molecule has 0 fully saturated rings. The maximum atomic E-state index is 5.10. The Hall–Kier alpha value is -2.42. The van der Waals surface area contributed by atoms with Crippen LogP contribution in [0.25, 0.3) is 0 Å². The van der Waals surface area contributed by atoms with E-state index in [-0.39, 0.29) is 6.04 Å². The van der Waals surface area contributed by atoms with E-state index in [0.29, 0.717) is 13.2 Å². The number of hydrogen-bond donors (Lipinski definition) is 2. The highest BCUT2D eigenvalue weighted by molar-refractivity contribution is 5.79. The van der Waals surface area contributed by atoms with Gasteiger partial charge >= 0.3 is 0 Å². The third-order valence-electron chi connectivity index (χ3n) is 4.10. The molecule has 0 radical (unpaired) electrons. The highest BCUT2D eigenvalue weighted by Gasteiger charge is 2.22. The van der Waals surface area contributed by atoms with Crippen LogP contribution in [-0.2, 0) is 37.9 Å². The van der Waals surface area contributed by atoms with Crippen molar-refractivity contribution in [2.45, 2.75) is 38.6 Å². The molecule has 0 amide bonds. The van der Waals surface area contributed by atoms with Crippen molar-refractivity contribution < 1.29 is 4.74 Å². The Kier molecular flexibility index (Phi) is 5.09.